The Morgan fingerprint density at radius 3 is 2.55 bits per heavy atom. The van der Waals surface area contributed by atoms with E-state index in [1.165, 1.54) is 0 Å². The van der Waals surface area contributed by atoms with Crippen molar-refractivity contribution in [2.45, 2.75) is 26.8 Å². The highest BCUT2D eigenvalue weighted by Gasteiger charge is 2.10. The van der Waals surface area contributed by atoms with Crippen LogP contribution in [-0.4, -0.2) is 9.78 Å². The Balaban J connectivity index is 2.97. The van der Waals surface area contributed by atoms with Gasteiger partial charge in [0.15, 0.2) is 0 Å². The maximum Gasteiger partial charge on any atom is 0.333 e. The summed E-state index contributed by atoms with van der Waals surface area (Å²) in [6.07, 6.45) is 0.695. The molecule has 0 unspecified atom stereocenters. The first-order chi connectivity index (χ1) is 5.15. The van der Waals surface area contributed by atoms with E-state index in [0.717, 1.165) is 4.68 Å². The number of halogens is 2. The monoisotopic (exact) mass is 160 g/mol. The first-order valence-corrected chi connectivity index (χ1v) is 3.48. The molecule has 0 radical (unpaired) electrons. The molecule has 4 heteroatoms. The van der Waals surface area contributed by atoms with Crippen molar-refractivity contribution in [3.8, 4) is 0 Å². The van der Waals surface area contributed by atoms with E-state index in [1.807, 2.05) is 6.92 Å². The molecule has 0 aliphatic carbocycles. The molecule has 0 spiro atoms. The van der Waals surface area contributed by atoms with Gasteiger partial charge in [0.2, 0.25) is 0 Å². The van der Waals surface area contributed by atoms with E-state index in [9.17, 15) is 8.78 Å². The first-order valence-electron chi connectivity index (χ1n) is 3.48. The van der Waals surface area contributed by atoms with Gasteiger partial charge in [-0.3, -0.25) is 0 Å². The number of rotatable bonds is 2. The normalized spacial score (nSPS) is 11.0. The van der Waals surface area contributed by atoms with Gasteiger partial charge in [0.05, 0.1) is 5.69 Å². The predicted molar refractivity (Wildman–Crippen MR) is 37.6 cm³/mol. The number of aryl methyl sites for hydroxylation is 2. The van der Waals surface area contributed by atoms with Crippen LogP contribution >= 0.6 is 0 Å². The van der Waals surface area contributed by atoms with Crippen molar-refractivity contribution in [1.29, 1.82) is 0 Å². The van der Waals surface area contributed by atoms with Crippen LogP contribution in [0.5, 0.6) is 0 Å². The van der Waals surface area contributed by atoms with Gasteiger partial charge in [-0.25, -0.2) is 4.68 Å². The van der Waals surface area contributed by atoms with Gasteiger partial charge in [0.25, 0.3) is 0 Å². The summed E-state index contributed by atoms with van der Waals surface area (Å²) in [6.45, 7) is 0.992. The molecule has 0 atom stereocenters. The van der Waals surface area contributed by atoms with E-state index in [2.05, 4.69) is 5.10 Å². The zero-order valence-electron chi connectivity index (χ0n) is 6.51. The molecule has 0 N–H and O–H groups in total. The van der Waals surface area contributed by atoms with Gasteiger partial charge >= 0.3 is 6.55 Å². The summed E-state index contributed by atoms with van der Waals surface area (Å²) in [5.41, 5.74) is 1.22. The predicted octanol–water partition coefficient (Wildman–Crippen LogP) is 2.15. The van der Waals surface area contributed by atoms with Crippen molar-refractivity contribution in [3.63, 3.8) is 0 Å². The molecule has 1 aromatic rings. The SMILES string of the molecule is CCc1cc(C)n(C(F)F)n1. The minimum Gasteiger partial charge on any atom is -0.209 e. The summed E-state index contributed by atoms with van der Waals surface area (Å²) in [5, 5.41) is 3.69. The average Bonchev–Trinajstić information content (AvgIpc) is 2.30. The standard InChI is InChI=1S/C7H10F2N2/c1-3-6-4-5(2)11(10-6)7(8)9/h4,7H,3H2,1-2H3. The lowest BCUT2D eigenvalue weighted by Crippen LogP contribution is -2.02. The quantitative estimate of drug-likeness (QED) is 0.648. The fourth-order valence-electron chi connectivity index (χ4n) is 0.924. The summed E-state index contributed by atoms with van der Waals surface area (Å²) >= 11 is 0. The van der Waals surface area contributed by atoms with Crippen LogP contribution in [0, 0.1) is 6.92 Å². The highest BCUT2D eigenvalue weighted by atomic mass is 19.3. The lowest BCUT2D eigenvalue weighted by molar-refractivity contribution is 0.0540. The lowest BCUT2D eigenvalue weighted by Gasteiger charge is -1.99. The Labute approximate surface area is 63.8 Å². The molecule has 0 saturated heterocycles. The Hall–Kier alpha value is -0.930. The van der Waals surface area contributed by atoms with Crippen molar-refractivity contribution in [2.75, 3.05) is 0 Å². The highest BCUT2D eigenvalue weighted by molar-refractivity contribution is 5.08. The minimum absolute atomic E-state index is 0.511. The molecule has 0 aliphatic rings. The van der Waals surface area contributed by atoms with Crippen LogP contribution in [0.4, 0.5) is 8.78 Å². The van der Waals surface area contributed by atoms with Crippen molar-refractivity contribution in [2.24, 2.45) is 0 Å². The maximum absolute atomic E-state index is 12.1. The Kier molecular flexibility index (Phi) is 2.22. The molecule has 0 fully saturated rings. The second-order valence-electron chi connectivity index (χ2n) is 2.35. The number of aromatic nitrogens is 2. The molecular weight excluding hydrogens is 150 g/mol. The third kappa shape index (κ3) is 1.56. The van der Waals surface area contributed by atoms with Crippen molar-refractivity contribution in [1.82, 2.24) is 9.78 Å². The van der Waals surface area contributed by atoms with Crippen LogP contribution < -0.4 is 0 Å². The van der Waals surface area contributed by atoms with Gasteiger partial charge < -0.3 is 0 Å². The second-order valence-corrected chi connectivity index (χ2v) is 2.35. The van der Waals surface area contributed by atoms with Gasteiger partial charge in [-0.05, 0) is 19.4 Å². The van der Waals surface area contributed by atoms with Crippen LogP contribution in [-0.2, 0) is 6.42 Å². The van der Waals surface area contributed by atoms with E-state index >= 15 is 0 Å². The molecule has 2 nitrogen and oxygen atoms in total. The lowest BCUT2D eigenvalue weighted by atomic mass is 10.3. The third-order valence-corrected chi connectivity index (χ3v) is 1.52. The fourth-order valence-corrected chi connectivity index (χ4v) is 0.924. The average molecular weight is 160 g/mol. The molecular formula is C7H10F2N2. The molecule has 1 rings (SSSR count). The molecule has 0 bridgehead atoms. The maximum atomic E-state index is 12.1. The van der Waals surface area contributed by atoms with Crippen LogP contribution in [0.1, 0.15) is 24.9 Å². The number of nitrogens with zero attached hydrogens (tertiary/aromatic N) is 2. The van der Waals surface area contributed by atoms with Gasteiger partial charge in [0.1, 0.15) is 0 Å². The minimum atomic E-state index is -2.52. The van der Waals surface area contributed by atoms with Gasteiger partial charge in [-0.2, -0.15) is 13.9 Å². The molecule has 0 aliphatic heterocycles. The topological polar surface area (TPSA) is 17.8 Å². The summed E-state index contributed by atoms with van der Waals surface area (Å²) in [5.74, 6) is 0. The van der Waals surface area contributed by atoms with E-state index in [1.54, 1.807) is 13.0 Å². The van der Waals surface area contributed by atoms with E-state index in [-0.39, 0.29) is 0 Å². The smallest absolute Gasteiger partial charge is 0.209 e. The second kappa shape index (κ2) is 2.98. The van der Waals surface area contributed by atoms with E-state index in [0.29, 0.717) is 17.8 Å². The summed E-state index contributed by atoms with van der Waals surface area (Å²) in [4.78, 5) is 0. The van der Waals surface area contributed by atoms with Gasteiger partial charge in [0, 0.05) is 5.69 Å². The summed E-state index contributed by atoms with van der Waals surface area (Å²) < 4.78 is 24.9. The molecule has 0 aromatic carbocycles. The Morgan fingerprint density at radius 2 is 2.27 bits per heavy atom. The van der Waals surface area contributed by atoms with Crippen LogP contribution in [0.15, 0.2) is 6.07 Å². The molecule has 1 aromatic heterocycles. The van der Waals surface area contributed by atoms with Crippen LogP contribution in [0.3, 0.4) is 0 Å². The largest absolute Gasteiger partial charge is 0.333 e. The van der Waals surface area contributed by atoms with Crippen LogP contribution in [0.2, 0.25) is 0 Å². The number of alkyl halides is 2. The van der Waals surface area contributed by atoms with E-state index in [4.69, 9.17) is 0 Å². The number of hydrogen-bond acceptors (Lipinski definition) is 1. The molecule has 0 amide bonds. The van der Waals surface area contributed by atoms with Crippen molar-refractivity contribution < 1.29 is 8.78 Å². The Morgan fingerprint density at radius 1 is 1.64 bits per heavy atom. The van der Waals surface area contributed by atoms with Gasteiger partial charge in [-0.15, -0.1) is 0 Å². The molecule has 11 heavy (non-hydrogen) atoms. The molecule has 1 heterocycles. The molecule has 62 valence electrons. The Bertz CT molecular complexity index is 243. The highest BCUT2D eigenvalue weighted by Crippen LogP contribution is 2.13. The summed E-state index contributed by atoms with van der Waals surface area (Å²) in [6, 6.07) is 1.67. The fraction of sp³-hybridized carbons (Fsp3) is 0.571. The molecule has 0 saturated carbocycles. The van der Waals surface area contributed by atoms with Crippen molar-refractivity contribution >= 4 is 0 Å². The number of hydrogen-bond donors (Lipinski definition) is 0. The zero-order valence-corrected chi connectivity index (χ0v) is 6.51. The van der Waals surface area contributed by atoms with Crippen LogP contribution in [0.25, 0.3) is 0 Å². The zero-order chi connectivity index (χ0) is 8.43. The summed E-state index contributed by atoms with van der Waals surface area (Å²) in [7, 11) is 0. The van der Waals surface area contributed by atoms with Crippen molar-refractivity contribution in [3.05, 3.63) is 17.5 Å². The third-order valence-electron chi connectivity index (χ3n) is 1.52. The first kappa shape index (κ1) is 8.17. The van der Waals surface area contributed by atoms with Gasteiger partial charge in [-0.1, -0.05) is 6.92 Å². The van der Waals surface area contributed by atoms with E-state index < -0.39 is 6.55 Å².